The first-order valence-electron chi connectivity index (χ1n) is 7.17. The van der Waals surface area contributed by atoms with Crippen LogP contribution < -0.4 is 5.32 Å². The van der Waals surface area contributed by atoms with E-state index in [-0.39, 0.29) is 6.10 Å². The van der Waals surface area contributed by atoms with Gasteiger partial charge >= 0.3 is 0 Å². The topological polar surface area (TPSA) is 21.3 Å². The molecule has 2 heteroatoms. The fourth-order valence-electron chi connectivity index (χ4n) is 3.11. The molecule has 1 fully saturated rings. The van der Waals surface area contributed by atoms with Crippen LogP contribution in [0.15, 0.2) is 24.3 Å². The van der Waals surface area contributed by atoms with Crippen LogP contribution in [-0.4, -0.2) is 19.7 Å². The average Bonchev–Trinajstić information content (AvgIpc) is 2.37. The van der Waals surface area contributed by atoms with Gasteiger partial charge in [0.2, 0.25) is 0 Å². The maximum atomic E-state index is 5.91. The molecular formula is C16H23NO. The summed E-state index contributed by atoms with van der Waals surface area (Å²) in [5, 5.41) is 3.61. The molecule has 18 heavy (non-hydrogen) atoms. The first-order valence-corrected chi connectivity index (χ1v) is 7.17. The minimum atomic E-state index is 0.249. The molecule has 1 unspecified atom stereocenters. The molecule has 0 aromatic heterocycles. The molecule has 0 radical (unpaired) electrons. The maximum absolute atomic E-state index is 5.91. The molecule has 1 atom stereocenters. The summed E-state index contributed by atoms with van der Waals surface area (Å²) in [5.41, 5.74) is 3.40. The van der Waals surface area contributed by atoms with Crippen molar-refractivity contribution in [2.45, 2.75) is 38.7 Å². The summed E-state index contributed by atoms with van der Waals surface area (Å²) < 4.78 is 5.91. The van der Waals surface area contributed by atoms with Crippen molar-refractivity contribution < 1.29 is 4.74 Å². The van der Waals surface area contributed by atoms with Gasteiger partial charge in [-0.2, -0.15) is 0 Å². The lowest BCUT2D eigenvalue weighted by atomic mass is 9.70. The van der Waals surface area contributed by atoms with Crippen molar-refractivity contribution in [1.82, 2.24) is 5.32 Å². The van der Waals surface area contributed by atoms with Gasteiger partial charge in [0.25, 0.3) is 0 Å². The Labute approximate surface area is 110 Å². The van der Waals surface area contributed by atoms with E-state index in [1.807, 2.05) is 0 Å². The van der Waals surface area contributed by atoms with Crippen molar-refractivity contribution in [3.05, 3.63) is 35.4 Å². The van der Waals surface area contributed by atoms with Crippen molar-refractivity contribution >= 4 is 0 Å². The lowest BCUT2D eigenvalue weighted by Crippen LogP contribution is -2.39. The fraction of sp³-hybridized carbons (Fsp3) is 0.625. The molecule has 1 aliphatic carbocycles. The zero-order valence-electron chi connectivity index (χ0n) is 11.2. The van der Waals surface area contributed by atoms with Gasteiger partial charge in [0, 0.05) is 13.1 Å². The molecule has 2 aliphatic rings. The molecule has 0 amide bonds. The first kappa shape index (κ1) is 12.2. The number of fused-ring (bicyclic) bond motifs is 1. The number of nitrogens with one attached hydrogen (secondary N) is 1. The zero-order chi connectivity index (χ0) is 12.4. The van der Waals surface area contributed by atoms with E-state index in [0.29, 0.717) is 5.41 Å². The second-order valence-corrected chi connectivity index (χ2v) is 6.10. The number of ether oxygens (including phenoxy) is 1. The standard InChI is InChI=1S/C16H23NO/c1-16(8-4-9-16)12-17-11-15-14-6-3-2-5-13(14)7-10-18-15/h2-3,5-6,15,17H,4,7-12H2,1H3. The molecule has 2 nitrogen and oxygen atoms in total. The zero-order valence-corrected chi connectivity index (χ0v) is 11.2. The summed E-state index contributed by atoms with van der Waals surface area (Å²) in [6.07, 6.45) is 5.47. The molecule has 98 valence electrons. The van der Waals surface area contributed by atoms with Crippen LogP contribution in [-0.2, 0) is 11.2 Å². The SMILES string of the molecule is CC1(CNCC2OCCc3ccccc32)CCC1. The van der Waals surface area contributed by atoms with Gasteiger partial charge in [0.05, 0.1) is 12.7 Å². The Balaban J connectivity index is 1.57. The third-order valence-corrected chi connectivity index (χ3v) is 4.53. The van der Waals surface area contributed by atoms with Gasteiger partial charge in [-0.15, -0.1) is 0 Å². The number of hydrogen-bond acceptors (Lipinski definition) is 2. The average molecular weight is 245 g/mol. The van der Waals surface area contributed by atoms with E-state index < -0.39 is 0 Å². The van der Waals surface area contributed by atoms with Gasteiger partial charge in [0.15, 0.2) is 0 Å². The quantitative estimate of drug-likeness (QED) is 0.880. The molecule has 1 aromatic carbocycles. The maximum Gasteiger partial charge on any atom is 0.0952 e. The molecule has 1 N–H and O–H groups in total. The van der Waals surface area contributed by atoms with E-state index in [2.05, 4.69) is 36.5 Å². The second-order valence-electron chi connectivity index (χ2n) is 6.10. The summed E-state index contributed by atoms with van der Waals surface area (Å²) in [4.78, 5) is 0. The predicted octanol–water partition coefficient (Wildman–Crippen LogP) is 3.08. The molecule has 1 aromatic rings. The van der Waals surface area contributed by atoms with Crippen molar-refractivity contribution in [3.63, 3.8) is 0 Å². The highest BCUT2D eigenvalue weighted by molar-refractivity contribution is 5.31. The molecule has 0 saturated heterocycles. The minimum absolute atomic E-state index is 0.249. The Morgan fingerprint density at radius 2 is 2.17 bits per heavy atom. The summed E-state index contributed by atoms with van der Waals surface area (Å²) in [5.74, 6) is 0. The van der Waals surface area contributed by atoms with E-state index in [1.54, 1.807) is 0 Å². The molecule has 3 rings (SSSR count). The Bertz CT molecular complexity index is 411. The smallest absolute Gasteiger partial charge is 0.0952 e. The molecule has 0 spiro atoms. The van der Waals surface area contributed by atoms with Crippen LogP contribution in [0.2, 0.25) is 0 Å². The molecule has 1 aliphatic heterocycles. The first-order chi connectivity index (χ1) is 8.77. The third kappa shape index (κ3) is 2.45. The Kier molecular flexibility index (Phi) is 3.40. The van der Waals surface area contributed by atoms with Gasteiger partial charge in [-0.1, -0.05) is 37.6 Å². The van der Waals surface area contributed by atoms with Crippen LogP contribution in [0.5, 0.6) is 0 Å². The normalized spacial score (nSPS) is 25.3. The summed E-state index contributed by atoms with van der Waals surface area (Å²) in [6, 6.07) is 8.70. The summed E-state index contributed by atoms with van der Waals surface area (Å²) >= 11 is 0. The van der Waals surface area contributed by atoms with E-state index in [1.165, 1.54) is 30.4 Å². The highest BCUT2D eigenvalue weighted by Gasteiger charge is 2.31. The van der Waals surface area contributed by atoms with Gasteiger partial charge < -0.3 is 10.1 Å². The molecular weight excluding hydrogens is 222 g/mol. The Morgan fingerprint density at radius 3 is 2.94 bits per heavy atom. The van der Waals surface area contributed by atoms with Crippen LogP contribution in [0.3, 0.4) is 0 Å². The number of hydrogen-bond donors (Lipinski definition) is 1. The monoisotopic (exact) mass is 245 g/mol. The minimum Gasteiger partial charge on any atom is -0.372 e. The largest absolute Gasteiger partial charge is 0.372 e. The summed E-state index contributed by atoms with van der Waals surface area (Å²) in [6.45, 7) is 5.33. The Morgan fingerprint density at radius 1 is 1.33 bits per heavy atom. The molecule has 1 saturated carbocycles. The van der Waals surface area contributed by atoms with Crippen molar-refractivity contribution in [2.75, 3.05) is 19.7 Å². The van der Waals surface area contributed by atoms with Crippen LogP contribution in [0.25, 0.3) is 0 Å². The van der Waals surface area contributed by atoms with E-state index >= 15 is 0 Å². The fourth-order valence-corrected chi connectivity index (χ4v) is 3.11. The van der Waals surface area contributed by atoms with Gasteiger partial charge in [-0.05, 0) is 35.8 Å². The van der Waals surface area contributed by atoms with E-state index in [0.717, 1.165) is 26.1 Å². The van der Waals surface area contributed by atoms with Gasteiger partial charge in [-0.25, -0.2) is 0 Å². The van der Waals surface area contributed by atoms with Crippen molar-refractivity contribution in [1.29, 1.82) is 0 Å². The third-order valence-electron chi connectivity index (χ3n) is 4.53. The highest BCUT2D eigenvalue weighted by Crippen LogP contribution is 2.39. The van der Waals surface area contributed by atoms with Crippen LogP contribution in [0, 0.1) is 5.41 Å². The number of rotatable bonds is 4. The lowest BCUT2D eigenvalue weighted by molar-refractivity contribution is 0.0381. The Hall–Kier alpha value is -0.860. The molecule has 1 heterocycles. The van der Waals surface area contributed by atoms with Crippen molar-refractivity contribution in [3.8, 4) is 0 Å². The highest BCUT2D eigenvalue weighted by atomic mass is 16.5. The second kappa shape index (κ2) is 5.02. The van der Waals surface area contributed by atoms with Crippen LogP contribution in [0.4, 0.5) is 0 Å². The number of benzene rings is 1. The predicted molar refractivity (Wildman–Crippen MR) is 73.7 cm³/mol. The van der Waals surface area contributed by atoms with Gasteiger partial charge in [-0.3, -0.25) is 0 Å². The summed E-state index contributed by atoms with van der Waals surface area (Å²) in [7, 11) is 0. The van der Waals surface area contributed by atoms with Crippen LogP contribution >= 0.6 is 0 Å². The molecule has 0 bridgehead atoms. The van der Waals surface area contributed by atoms with Gasteiger partial charge in [0.1, 0.15) is 0 Å². The van der Waals surface area contributed by atoms with E-state index in [4.69, 9.17) is 4.74 Å². The van der Waals surface area contributed by atoms with Crippen molar-refractivity contribution in [2.24, 2.45) is 5.41 Å². The van der Waals surface area contributed by atoms with E-state index in [9.17, 15) is 0 Å². The van der Waals surface area contributed by atoms with Crippen LogP contribution in [0.1, 0.15) is 43.4 Å². The lowest BCUT2D eigenvalue weighted by Gasteiger charge is -2.39.